The number of aliphatic hydroxyl groups excluding tert-OH is 1. The summed E-state index contributed by atoms with van der Waals surface area (Å²) in [5.74, 6) is 0.721. The standard InChI is InChI=1S/C15H20N2O2/c1-4-17-13(10-11(3)16-17)15(18)12-8-6-7-9-14(12)19-5-2/h6-10,15,18H,4-5H2,1-3H3. The monoisotopic (exact) mass is 260 g/mol. The van der Waals surface area contributed by atoms with Gasteiger partial charge in [0.2, 0.25) is 0 Å². The van der Waals surface area contributed by atoms with E-state index in [-0.39, 0.29) is 0 Å². The maximum Gasteiger partial charge on any atom is 0.125 e. The normalized spacial score (nSPS) is 12.4. The van der Waals surface area contributed by atoms with Gasteiger partial charge in [0.1, 0.15) is 11.9 Å². The van der Waals surface area contributed by atoms with Crippen LogP contribution in [0.3, 0.4) is 0 Å². The van der Waals surface area contributed by atoms with Crippen molar-refractivity contribution in [3.63, 3.8) is 0 Å². The average Bonchev–Trinajstić information content (AvgIpc) is 2.80. The average molecular weight is 260 g/mol. The molecule has 0 aliphatic carbocycles. The number of benzene rings is 1. The van der Waals surface area contributed by atoms with E-state index in [0.29, 0.717) is 6.61 Å². The Morgan fingerprint density at radius 1 is 1.32 bits per heavy atom. The summed E-state index contributed by atoms with van der Waals surface area (Å²) >= 11 is 0. The van der Waals surface area contributed by atoms with E-state index < -0.39 is 6.10 Å². The molecule has 19 heavy (non-hydrogen) atoms. The summed E-state index contributed by atoms with van der Waals surface area (Å²) in [5.41, 5.74) is 2.48. The highest BCUT2D eigenvalue weighted by molar-refractivity contribution is 5.39. The lowest BCUT2D eigenvalue weighted by Gasteiger charge is -2.16. The number of para-hydroxylation sites is 1. The van der Waals surface area contributed by atoms with Crippen LogP contribution in [0.2, 0.25) is 0 Å². The summed E-state index contributed by atoms with van der Waals surface area (Å²) in [6, 6.07) is 9.49. The molecule has 0 aliphatic rings. The predicted molar refractivity (Wildman–Crippen MR) is 74.3 cm³/mol. The number of aryl methyl sites for hydroxylation is 2. The van der Waals surface area contributed by atoms with Gasteiger partial charge in [-0.3, -0.25) is 4.68 Å². The van der Waals surface area contributed by atoms with E-state index in [1.807, 2.05) is 55.8 Å². The minimum absolute atomic E-state index is 0.579. The Hall–Kier alpha value is -1.81. The SMILES string of the molecule is CCOc1ccccc1C(O)c1cc(C)nn1CC. The maximum absolute atomic E-state index is 10.6. The van der Waals surface area contributed by atoms with Crippen LogP contribution in [-0.4, -0.2) is 21.5 Å². The van der Waals surface area contributed by atoms with E-state index in [4.69, 9.17) is 4.74 Å². The van der Waals surface area contributed by atoms with Gasteiger partial charge >= 0.3 is 0 Å². The highest BCUT2D eigenvalue weighted by atomic mass is 16.5. The van der Waals surface area contributed by atoms with Gasteiger partial charge in [0.25, 0.3) is 0 Å². The largest absolute Gasteiger partial charge is 0.493 e. The molecule has 1 atom stereocenters. The quantitative estimate of drug-likeness (QED) is 0.899. The second-order valence-corrected chi connectivity index (χ2v) is 4.40. The van der Waals surface area contributed by atoms with Crippen LogP contribution in [0.5, 0.6) is 5.75 Å². The smallest absolute Gasteiger partial charge is 0.125 e. The molecule has 4 nitrogen and oxygen atoms in total. The first-order valence-electron chi connectivity index (χ1n) is 6.61. The topological polar surface area (TPSA) is 47.3 Å². The number of ether oxygens (including phenoxy) is 1. The summed E-state index contributed by atoms with van der Waals surface area (Å²) in [5, 5.41) is 15.0. The molecule has 0 saturated carbocycles. The Balaban J connectivity index is 2.40. The molecule has 1 heterocycles. The van der Waals surface area contributed by atoms with Crippen molar-refractivity contribution in [1.29, 1.82) is 0 Å². The number of hydrogen-bond donors (Lipinski definition) is 1. The van der Waals surface area contributed by atoms with Crippen LogP contribution in [-0.2, 0) is 6.54 Å². The molecule has 0 amide bonds. The zero-order valence-electron chi connectivity index (χ0n) is 11.6. The predicted octanol–water partition coefficient (Wildman–Crippen LogP) is 2.69. The third-order valence-corrected chi connectivity index (χ3v) is 3.03. The van der Waals surface area contributed by atoms with Gasteiger partial charge in [-0.15, -0.1) is 0 Å². The highest BCUT2D eigenvalue weighted by Gasteiger charge is 2.19. The summed E-state index contributed by atoms with van der Waals surface area (Å²) < 4.78 is 7.39. The lowest BCUT2D eigenvalue weighted by molar-refractivity contribution is 0.200. The Morgan fingerprint density at radius 3 is 2.74 bits per heavy atom. The number of aromatic nitrogens is 2. The molecule has 0 radical (unpaired) electrons. The molecule has 2 rings (SSSR count). The van der Waals surface area contributed by atoms with E-state index in [1.54, 1.807) is 0 Å². The highest BCUT2D eigenvalue weighted by Crippen LogP contribution is 2.30. The number of rotatable bonds is 5. The maximum atomic E-state index is 10.6. The Labute approximate surface area is 113 Å². The summed E-state index contributed by atoms with van der Waals surface area (Å²) in [6.45, 7) is 7.18. The molecule has 0 fully saturated rings. The van der Waals surface area contributed by atoms with Gasteiger partial charge < -0.3 is 9.84 Å². The van der Waals surface area contributed by atoms with Crippen LogP contribution >= 0.6 is 0 Å². The van der Waals surface area contributed by atoms with E-state index in [1.165, 1.54) is 0 Å². The van der Waals surface area contributed by atoms with E-state index in [2.05, 4.69) is 5.10 Å². The third kappa shape index (κ3) is 2.79. The molecule has 102 valence electrons. The summed E-state index contributed by atoms with van der Waals surface area (Å²) in [6.07, 6.45) is -0.719. The van der Waals surface area contributed by atoms with Crippen LogP contribution in [0, 0.1) is 6.92 Å². The molecular weight excluding hydrogens is 240 g/mol. The van der Waals surface area contributed by atoms with Crippen molar-refractivity contribution in [2.45, 2.75) is 33.4 Å². The van der Waals surface area contributed by atoms with Gasteiger partial charge in [0.05, 0.1) is 18.0 Å². The van der Waals surface area contributed by atoms with Crippen molar-refractivity contribution in [1.82, 2.24) is 9.78 Å². The van der Waals surface area contributed by atoms with Crippen LogP contribution in [0.15, 0.2) is 30.3 Å². The van der Waals surface area contributed by atoms with Gasteiger partial charge in [0, 0.05) is 12.1 Å². The van der Waals surface area contributed by atoms with E-state index in [9.17, 15) is 5.11 Å². The molecule has 0 aliphatic heterocycles. The zero-order valence-corrected chi connectivity index (χ0v) is 11.6. The van der Waals surface area contributed by atoms with Crippen LogP contribution in [0.25, 0.3) is 0 Å². The number of hydrogen-bond acceptors (Lipinski definition) is 3. The fourth-order valence-corrected chi connectivity index (χ4v) is 2.19. The number of nitrogens with zero attached hydrogens (tertiary/aromatic N) is 2. The van der Waals surface area contributed by atoms with Gasteiger partial charge in [-0.05, 0) is 32.9 Å². The fourth-order valence-electron chi connectivity index (χ4n) is 2.19. The Kier molecular flexibility index (Phi) is 4.22. The molecule has 1 aromatic heterocycles. The Morgan fingerprint density at radius 2 is 2.05 bits per heavy atom. The third-order valence-electron chi connectivity index (χ3n) is 3.03. The summed E-state index contributed by atoms with van der Waals surface area (Å²) in [7, 11) is 0. The lowest BCUT2D eigenvalue weighted by Crippen LogP contribution is -2.10. The van der Waals surface area contributed by atoms with Crippen molar-refractivity contribution < 1.29 is 9.84 Å². The van der Waals surface area contributed by atoms with Gasteiger partial charge in [-0.1, -0.05) is 18.2 Å². The fraction of sp³-hybridized carbons (Fsp3) is 0.400. The summed E-state index contributed by atoms with van der Waals surface area (Å²) in [4.78, 5) is 0. The van der Waals surface area contributed by atoms with E-state index in [0.717, 1.165) is 29.2 Å². The van der Waals surface area contributed by atoms with E-state index >= 15 is 0 Å². The molecule has 0 bridgehead atoms. The lowest BCUT2D eigenvalue weighted by atomic mass is 10.1. The molecule has 4 heteroatoms. The molecule has 1 unspecified atom stereocenters. The molecule has 1 aromatic carbocycles. The molecule has 0 spiro atoms. The van der Waals surface area contributed by atoms with Crippen molar-refractivity contribution in [3.05, 3.63) is 47.3 Å². The second kappa shape index (κ2) is 5.89. The minimum atomic E-state index is -0.719. The minimum Gasteiger partial charge on any atom is -0.493 e. The van der Waals surface area contributed by atoms with Crippen LogP contribution in [0.1, 0.15) is 36.9 Å². The van der Waals surface area contributed by atoms with Crippen molar-refractivity contribution >= 4 is 0 Å². The van der Waals surface area contributed by atoms with Gasteiger partial charge in [0.15, 0.2) is 0 Å². The first-order valence-corrected chi connectivity index (χ1v) is 6.61. The number of aliphatic hydroxyl groups is 1. The Bertz CT molecular complexity index is 549. The van der Waals surface area contributed by atoms with Crippen molar-refractivity contribution in [2.75, 3.05) is 6.61 Å². The molecule has 1 N–H and O–H groups in total. The van der Waals surface area contributed by atoms with Gasteiger partial charge in [-0.25, -0.2) is 0 Å². The van der Waals surface area contributed by atoms with Crippen molar-refractivity contribution in [3.8, 4) is 5.75 Å². The first kappa shape index (κ1) is 13.6. The first-order chi connectivity index (χ1) is 9.17. The molecule has 0 saturated heterocycles. The van der Waals surface area contributed by atoms with Crippen LogP contribution < -0.4 is 4.74 Å². The van der Waals surface area contributed by atoms with Crippen LogP contribution in [0.4, 0.5) is 0 Å². The zero-order chi connectivity index (χ0) is 13.8. The van der Waals surface area contributed by atoms with Gasteiger partial charge in [-0.2, -0.15) is 5.10 Å². The molecule has 2 aromatic rings. The van der Waals surface area contributed by atoms with Crippen molar-refractivity contribution in [2.24, 2.45) is 0 Å². The second-order valence-electron chi connectivity index (χ2n) is 4.40. The molecular formula is C15H20N2O2.